The Morgan fingerprint density at radius 1 is 1.38 bits per heavy atom. The van der Waals surface area contributed by atoms with Crippen molar-refractivity contribution in [1.82, 2.24) is 0 Å². The Hall–Kier alpha value is 0.280. The lowest BCUT2D eigenvalue weighted by atomic mass is 9.84. The third kappa shape index (κ3) is 2.87. The van der Waals surface area contributed by atoms with Crippen LogP contribution in [0, 0.1) is 5.41 Å². The van der Waals surface area contributed by atoms with E-state index in [1.807, 2.05) is 0 Å². The fourth-order valence-electron chi connectivity index (χ4n) is 1.27. The van der Waals surface area contributed by atoms with Gasteiger partial charge in [-0.3, -0.25) is 0 Å². The molecule has 3 heteroatoms. The van der Waals surface area contributed by atoms with Gasteiger partial charge in [-0.05, 0) is 35.2 Å². The fourth-order valence-corrected chi connectivity index (χ4v) is 2.79. The molecule has 0 saturated heterocycles. The number of hydrogen-bond acceptors (Lipinski definition) is 1. The van der Waals surface area contributed by atoms with Crippen LogP contribution in [0.25, 0.3) is 0 Å². The minimum atomic E-state index is 0.0875. The lowest BCUT2D eigenvalue weighted by molar-refractivity contribution is 0.362. The van der Waals surface area contributed by atoms with Crippen molar-refractivity contribution in [1.29, 1.82) is 0 Å². The fraction of sp³-hybridized carbons (Fsp3) is 0.600. The summed E-state index contributed by atoms with van der Waals surface area (Å²) in [6.07, 6.45) is 2.04. The van der Waals surface area contributed by atoms with Gasteiger partial charge in [-0.1, -0.05) is 6.92 Å². The van der Waals surface area contributed by atoms with Gasteiger partial charge < -0.3 is 0 Å². The van der Waals surface area contributed by atoms with Crippen molar-refractivity contribution >= 4 is 34.5 Å². The van der Waals surface area contributed by atoms with Gasteiger partial charge >= 0.3 is 0 Å². The molecule has 0 unspecified atom stereocenters. The summed E-state index contributed by atoms with van der Waals surface area (Å²) >= 11 is 13.6. The van der Waals surface area contributed by atoms with Crippen LogP contribution < -0.4 is 0 Å². The highest BCUT2D eigenvalue weighted by molar-refractivity contribution is 7.07. The maximum Gasteiger partial charge on any atom is 0.0294 e. The second kappa shape index (κ2) is 5.23. The van der Waals surface area contributed by atoms with Crippen molar-refractivity contribution in [2.75, 3.05) is 11.8 Å². The van der Waals surface area contributed by atoms with Crippen molar-refractivity contribution in [2.24, 2.45) is 5.41 Å². The van der Waals surface area contributed by atoms with Gasteiger partial charge in [0.1, 0.15) is 0 Å². The van der Waals surface area contributed by atoms with Crippen molar-refractivity contribution in [2.45, 2.75) is 19.8 Å². The van der Waals surface area contributed by atoms with Crippen LogP contribution in [0.5, 0.6) is 0 Å². The molecule has 0 aliphatic rings. The second-order valence-electron chi connectivity index (χ2n) is 3.43. The Kier molecular flexibility index (Phi) is 4.57. The highest BCUT2D eigenvalue weighted by atomic mass is 35.5. The molecule has 1 rings (SSSR count). The Labute approximate surface area is 93.9 Å². The summed E-state index contributed by atoms with van der Waals surface area (Å²) in [6, 6.07) is 2.15. The largest absolute Gasteiger partial charge is 0.152 e. The maximum absolute atomic E-state index is 5.96. The number of halogens is 2. The Morgan fingerprint density at radius 2 is 2.08 bits per heavy atom. The second-order valence-corrected chi connectivity index (χ2v) is 4.74. The minimum absolute atomic E-state index is 0.0875. The normalized spacial score (nSPS) is 11.9. The van der Waals surface area contributed by atoms with Crippen LogP contribution in [0.2, 0.25) is 0 Å². The summed E-state index contributed by atoms with van der Waals surface area (Å²) in [5.74, 6) is 1.28. The third-order valence-electron chi connectivity index (χ3n) is 2.48. The number of rotatable bonds is 5. The highest BCUT2D eigenvalue weighted by Crippen LogP contribution is 2.30. The van der Waals surface area contributed by atoms with Crippen molar-refractivity contribution in [3.63, 3.8) is 0 Å². The van der Waals surface area contributed by atoms with Gasteiger partial charge in [-0.2, -0.15) is 11.3 Å². The van der Waals surface area contributed by atoms with Gasteiger partial charge in [-0.25, -0.2) is 0 Å². The van der Waals surface area contributed by atoms with E-state index >= 15 is 0 Å². The zero-order valence-electron chi connectivity index (χ0n) is 7.72. The van der Waals surface area contributed by atoms with Crippen LogP contribution in [0.15, 0.2) is 16.8 Å². The third-order valence-corrected chi connectivity index (χ3v) is 4.34. The quantitative estimate of drug-likeness (QED) is 0.674. The maximum atomic E-state index is 5.96. The van der Waals surface area contributed by atoms with E-state index in [2.05, 4.69) is 23.8 Å². The molecule has 1 heterocycles. The summed E-state index contributed by atoms with van der Waals surface area (Å²) in [5.41, 5.74) is 1.44. The molecule has 0 aliphatic carbocycles. The van der Waals surface area contributed by atoms with Gasteiger partial charge in [-0.15, -0.1) is 23.2 Å². The summed E-state index contributed by atoms with van der Waals surface area (Å²) in [5, 5.41) is 4.27. The summed E-state index contributed by atoms with van der Waals surface area (Å²) in [4.78, 5) is 0. The SMILES string of the molecule is CCC(CCl)(CCl)Cc1ccsc1. The molecule has 0 radical (unpaired) electrons. The predicted octanol–water partition coefficient (Wildman–Crippen LogP) is 4.16. The van der Waals surface area contributed by atoms with E-state index in [0.29, 0.717) is 11.8 Å². The number of thiophene rings is 1. The molecule has 0 saturated carbocycles. The Morgan fingerprint density at radius 3 is 2.46 bits per heavy atom. The first-order valence-corrected chi connectivity index (χ1v) is 6.40. The van der Waals surface area contributed by atoms with E-state index in [1.165, 1.54) is 5.56 Å². The van der Waals surface area contributed by atoms with Crippen LogP contribution >= 0.6 is 34.5 Å². The average molecular weight is 237 g/mol. The molecule has 0 aliphatic heterocycles. The molecule has 13 heavy (non-hydrogen) atoms. The van der Waals surface area contributed by atoms with Gasteiger partial charge in [0.05, 0.1) is 0 Å². The predicted molar refractivity (Wildman–Crippen MR) is 62.2 cm³/mol. The van der Waals surface area contributed by atoms with E-state index in [0.717, 1.165) is 12.8 Å². The first-order valence-electron chi connectivity index (χ1n) is 4.39. The van der Waals surface area contributed by atoms with Crippen molar-refractivity contribution in [3.8, 4) is 0 Å². The number of hydrogen-bond donors (Lipinski definition) is 0. The van der Waals surface area contributed by atoms with E-state index in [4.69, 9.17) is 23.2 Å². The van der Waals surface area contributed by atoms with Gasteiger partial charge in [0.15, 0.2) is 0 Å². The smallest absolute Gasteiger partial charge is 0.0294 e. The molecule has 0 fully saturated rings. The molecular weight excluding hydrogens is 223 g/mol. The Balaban J connectivity index is 2.67. The molecule has 74 valence electrons. The van der Waals surface area contributed by atoms with Crippen LogP contribution in [0.1, 0.15) is 18.9 Å². The zero-order chi connectivity index (χ0) is 9.73. The van der Waals surface area contributed by atoms with Gasteiger partial charge in [0.25, 0.3) is 0 Å². The highest BCUT2D eigenvalue weighted by Gasteiger charge is 2.26. The lowest BCUT2D eigenvalue weighted by Gasteiger charge is -2.27. The monoisotopic (exact) mass is 236 g/mol. The van der Waals surface area contributed by atoms with Gasteiger partial charge in [0, 0.05) is 17.2 Å². The summed E-state index contributed by atoms with van der Waals surface area (Å²) in [7, 11) is 0. The van der Waals surface area contributed by atoms with E-state index in [1.54, 1.807) is 11.3 Å². The van der Waals surface area contributed by atoms with E-state index in [9.17, 15) is 0 Å². The van der Waals surface area contributed by atoms with E-state index in [-0.39, 0.29) is 5.41 Å². The molecule has 0 nitrogen and oxygen atoms in total. The Bertz CT molecular complexity index is 219. The van der Waals surface area contributed by atoms with Crippen molar-refractivity contribution in [3.05, 3.63) is 22.4 Å². The van der Waals surface area contributed by atoms with Gasteiger partial charge in [0.2, 0.25) is 0 Å². The van der Waals surface area contributed by atoms with Crippen molar-refractivity contribution < 1.29 is 0 Å². The molecule has 0 aromatic carbocycles. The number of alkyl halides is 2. The molecule has 0 amide bonds. The zero-order valence-corrected chi connectivity index (χ0v) is 10.1. The first kappa shape index (κ1) is 11.4. The van der Waals surface area contributed by atoms with Crippen LogP contribution in [0.3, 0.4) is 0 Å². The average Bonchev–Trinajstić information content (AvgIpc) is 2.67. The minimum Gasteiger partial charge on any atom is -0.152 e. The standard InChI is InChI=1S/C10H14Cl2S/c1-2-10(7-11,8-12)5-9-3-4-13-6-9/h3-4,6H,2,5,7-8H2,1H3. The molecule has 0 atom stereocenters. The molecule has 1 aromatic heterocycles. The molecular formula is C10H14Cl2S. The molecule has 0 N–H and O–H groups in total. The topological polar surface area (TPSA) is 0 Å². The summed E-state index contributed by atoms with van der Waals surface area (Å²) < 4.78 is 0. The first-order chi connectivity index (χ1) is 6.26. The van der Waals surface area contributed by atoms with Crippen LogP contribution in [-0.2, 0) is 6.42 Å². The van der Waals surface area contributed by atoms with Crippen LogP contribution in [0.4, 0.5) is 0 Å². The summed E-state index contributed by atoms with van der Waals surface area (Å²) in [6.45, 7) is 2.15. The molecule has 0 bridgehead atoms. The lowest BCUT2D eigenvalue weighted by Crippen LogP contribution is -2.26. The van der Waals surface area contributed by atoms with E-state index < -0.39 is 0 Å². The van der Waals surface area contributed by atoms with Crippen LogP contribution in [-0.4, -0.2) is 11.8 Å². The molecule has 0 spiro atoms. The molecule has 1 aromatic rings.